The Kier molecular flexibility index (Phi) is 6.02. The molecule has 230 valence electrons. The highest BCUT2D eigenvalue weighted by Crippen LogP contribution is 2.48. The standard InChI is InChI=1S/C36H36N10/c1-35(2,3)29-19-31(45(41-15-11-37-21-41)42-16-12-38-22-42)27-10-8-26-30(36(4,5)6)20-32(28-9-7-25(29)33(27)34(26)28)46(43-17-13-39-23-43)44-18-14-40-24-44/h7-24H,1-6H3. The molecular formula is C36H36N10. The summed E-state index contributed by atoms with van der Waals surface area (Å²) in [5.74, 6) is 0. The van der Waals surface area contributed by atoms with Crippen LogP contribution < -0.4 is 10.2 Å². The van der Waals surface area contributed by atoms with E-state index < -0.39 is 0 Å². The second-order valence-corrected chi connectivity index (χ2v) is 13.8. The van der Waals surface area contributed by atoms with Gasteiger partial charge in [-0.3, -0.25) is 0 Å². The van der Waals surface area contributed by atoms with E-state index in [9.17, 15) is 0 Å². The molecule has 0 amide bonds. The fourth-order valence-corrected chi connectivity index (χ4v) is 6.72. The average Bonchev–Trinajstić information content (AvgIpc) is 3.85. The van der Waals surface area contributed by atoms with Crippen molar-refractivity contribution in [1.82, 2.24) is 38.6 Å². The van der Waals surface area contributed by atoms with E-state index in [1.807, 2.05) is 68.8 Å². The third-order valence-electron chi connectivity index (χ3n) is 8.74. The molecule has 0 bridgehead atoms. The molecule has 8 aromatic rings. The second-order valence-electron chi connectivity index (χ2n) is 13.8. The average molecular weight is 609 g/mol. The van der Waals surface area contributed by atoms with Crippen molar-refractivity contribution in [3.63, 3.8) is 0 Å². The summed E-state index contributed by atoms with van der Waals surface area (Å²) in [4.78, 5) is 17.6. The Bertz CT molecular complexity index is 2030. The molecule has 0 saturated carbocycles. The Balaban J connectivity index is 1.56. The van der Waals surface area contributed by atoms with Crippen LogP contribution in [0.25, 0.3) is 32.3 Å². The van der Waals surface area contributed by atoms with E-state index in [2.05, 4.69) is 108 Å². The van der Waals surface area contributed by atoms with E-state index in [4.69, 9.17) is 0 Å². The van der Waals surface area contributed by atoms with Crippen molar-refractivity contribution in [1.29, 1.82) is 0 Å². The summed E-state index contributed by atoms with van der Waals surface area (Å²) in [7, 11) is 0. The number of aromatic nitrogens is 8. The van der Waals surface area contributed by atoms with Crippen LogP contribution in [0.5, 0.6) is 0 Å². The summed E-state index contributed by atoms with van der Waals surface area (Å²) < 4.78 is 7.97. The molecule has 8 rings (SSSR count). The van der Waals surface area contributed by atoms with Crippen molar-refractivity contribution in [2.24, 2.45) is 0 Å². The van der Waals surface area contributed by atoms with E-state index in [0.717, 1.165) is 22.1 Å². The highest BCUT2D eigenvalue weighted by molar-refractivity contribution is 6.28. The van der Waals surface area contributed by atoms with Gasteiger partial charge >= 0.3 is 0 Å². The zero-order valence-corrected chi connectivity index (χ0v) is 26.9. The smallest absolute Gasteiger partial charge is 0.116 e. The normalized spacial score (nSPS) is 12.6. The van der Waals surface area contributed by atoms with Crippen LogP contribution >= 0.6 is 0 Å². The summed E-state index contributed by atoms with van der Waals surface area (Å²) in [6.07, 6.45) is 22.3. The van der Waals surface area contributed by atoms with Gasteiger partial charge in [0.2, 0.25) is 0 Å². The second kappa shape index (κ2) is 9.93. The SMILES string of the molecule is CC(C)(C)c1cc(N(n2ccnc2)n2ccnc2)c2ccc3c(C(C)(C)C)cc(N(n4ccnc4)n4ccnc4)c4ccc1c2c43. The Morgan fingerprint density at radius 2 is 0.761 bits per heavy atom. The Hall–Kier alpha value is -5.64. The Morgan fingerprint density at radius 1 is 0.457 bits per heavy atom. The molecule has 46 heavy (non-hydrogen) atoms. The van der Waals surface area contributed by atoms with Crippen LogP contribution in [0.2, 0.25) is 0 Å². The minimum absolute atomic E-state index is 0.137. The quantitative estimate of drug-likeness (QED) is 0.183. The van der Waals surface area contributed by atoms with Gasteiger partial charge in [-0.2, -0.15) is 10.2 Å². The predicted molar refractivity (Wildman–Crippen MR) is 183 cm³/mol. The van der Waals surface area contributed by atoms with Crippen LogP contribution in [0.15, 0.2) is 111 Å². The van der Waals surface area contributed by atoms with Crippen molar-refractivity contribution >= 4 is 43.7 Å². The number of rotatable bonds is 6. The third-order valence-corrected chi connectivity index (χ3v) is 8.74. The van der Waals surface area contributed by atoms with Crippen molar-refractivity contribution < 1.29 is 0 Å². The molecule has 0 aliphatic heterocycles. The maximum atomic E-state index is 4.40. The van der Waals surface area contributed by atoms with Crippen LogP contribution in [0.3, 0.4) is 0 Å². The van der Waals surface area contributed by atoms with Crippen LogP contribution in [-0.2, 0) is 10.8 Å². The molecular weight excluding hydrogens is 572 g/mol. The Labute approximate surface area is 267 Å². The number of anilines is 2. The molecule has 10 heteroatoms. The molecule has 0 N–H and O–H groups in total. The van der Waals surface area contributed by atoms with Gasteiger partial charge in [0.15, 0.2) is 0 Å². The van der Waals surface area contributed by atoms with E-state index in [1.54, 1.807) is 24.8 Å². The minimum atomic E-state index is -0.137. The highest BCUT2D eigenvalue weighted by atomic mass is 15.8. The molecule has 0 aliphatic rings. The van der Waals surface area contributed by atoms with Gasteiger partial charge in [-0.05, 0) is 55.6 Å². The fraction of sp³-hybridized carbons (Fsp3) is 0.222. The summed E-state index contributed by atoms with van der Waals surface area (Å²) in [6, 6.07) is 13.8. The third kappa shape index (κ3) is 4.24. The first kappa shape index (κ1) is 27.9. The first-order valence-electron chi connectivity index (χ1n) is 15.4. The molecule has 0 aliphatic carbocycles. The van der Waals surface area contributed by atoms with E-state index in [1.165, 1.54) is 32.7 Å². The van der Waals surface area contributed by atoms with Gasteiger partial charge in [-0.15, -0.1) is 0 Å². The topological polar surface area (TPSA) is 77.8 Å². The fourth-order valence-electron chi connectivity index (χ4n) is 6.72. The lowest BCUT2D eigenvalue weighted by atomic mass is 9.77. The molecule has 10 nitrogen and oxygen atoms in total. The lowest BCUT2D eigenvalue weighted by Crippen LogP contribution is -2.34. The monoisotopic (exact) mass is 608 g/mol. The summed E-state index contributed by atoms with van der Waals surface area (Å²) in [5.41, 5.74) is 4.32. The van der Waals surface area contributed by atoms with Gasteiger partial charge in [0.25, 0.3) is 0 Å². The van der Waals surface area contributed by atoms with Gasteiger partial charge in [0.1, 0.15) is 25.3 Å². The van der Waals surface area contributed by atoms with Crippen LogP contribution in [0.4, 0.5) is 11.4 Å². The van der Waals surface area contributed by atoms with Crippen LogP contribution in [0, 0.1) is 0 Å². The van der Waals surface area contributed by atoms with Crippen LogP contribution in [0.1, 0.15) is 52.7 Å². The summed E-state index contributed by atoms with van der Waals surface area (Å²) in [5, 5.41) is 11.5. The number of benzene rings is 4. The van der Waals surface area contributed by atoms with E-state index in [-0.39, 0.29) is 10.8 Å². The molecule has 0 unspecified atom stereocenters. The molecule has 0 radical (unpaired) electrons. The zero-order valence-electron chi connectivity index (χ0n) is 26.9. The molecule has 0 fully saturated rings. The van der Waals surface area contributed by atoms with Crippen molar-refractivity contribution in [3.05, 3.63) is 122 Å². The van der Waals surface area contributed by atoms with Gasteiger partial charge in [-0.1, -0.05) is 65.8 Å². The Morgan fingerprint density at radius 3 is 1.02 bits per heavy atom. The molecule has 4 aromatic carbocycles. The number of nitrogens with zero attached hydrogens (tertiary/aromatic N) is 10. The molecule has 0 spiro atoms. The molecule has 0 atom stereocenters. The van der Waals surface area contributed by atoms with Gasteiger partial charge in [-0.25, -0.2) is 38.6 Å². The van der Waals surface area contributed by atoms with Crippen molar-refractivity contribution in [2.45, 2.75) is 52.4 Å². The van der Waals surface area contributed by atoms with Gasteiger partial charge in [0.05, 0.1) is 11.4 Å². The predicted octanol–water partition coefficient (Wildman–Crippen LogP) is 7.43. The maximum absolute atomic E-state index is 4.40. The first-order chi connectivity index (χ1) is 22.1. The highest BCUT2D eigenvalue weighted by Gasteiger charge is 2.29. The van der Waals surface area contributed by atoms with Gasteiger partial charge in [0, 0.05) is 60.3 Å². The van der Waals surface area contributed by atoms with Crippen LogP contribution in [-0.4, -0.2) is 38.6 Å². The summed E-state index contributed by atoms with van der Waals surface area (Å²) in [6.45, 7) is 13.7. The lowest BCUT2D eigenvalue weighted by molar-refractivity contribution is 0.586. The van der Waals surface area contributed by atoms with Crippen molar-refractivity contribution in [2.75, 3.05) is 10.2 Å². The molecule has 4 heterocycles. The van der Waals surface area contributed by atoms with Crippen molar-refractivity contribution in [3.8, 4) is 0 Å². The van der Waals surface area contributed by atoms with E-state index >= 15 is 0 Å². The largest absolute Gasteiger partial charge is 0.243 e. The lowest BCUT2D eigenvalue weighted by Gasteiger charge is -2.33. The molecule has 4 aromatic heterocycles. The first-order valence-corrected chi connectivity index (χ1v) is 15.4. The molecule has 0 saturated heterocycles. The maximum Gasteiger partial charge on any atom is 0.116 e. The van der Waals surface area contributed by atoms with E-state index in [0.29, 0.717) is 0 Å². The number of hydrogen-bond donors (Lipinski definition) is 0. The summed E-state index contributed by atoms with van der Waals surface area (Å²) >= 11 is 0. The van der Waals surface area contributed by atoms with Gasteiger partial charge < -0.3 is 0 Å². The minimum Gasteiger partial charge on any atom is -0.243 e. The number of imidazole rings is 4. The number of hydrogen-bond acceptors (Lipinski definition) is 6. The zero-order chi connectivity index (χ0) is 31.8.